The third-order valence-electron chi connectivity index (χ3n) is 4.11. The molecule has 1 heterocycles. The lowest BCUT2D eigenvalue weighted by atomic mass is 9.98. The van der Waals surface area contributed by atoms with Crippen LogP contribution in [0.3, 0.4) is 0 Å². The molecule has 1 aromatic heterocycles. The number of rotatable bonds is 3. The third-order valence-corrected chi connectivity index (χ3v) is 4.11. The zero-order chi connectivity index (χ0) is 12.4. The minimum Gasteiger partial charge on any atom is -0.373 e. The highest BCUT2D eigenvalue weighted by Gasteiger charge is 2.30. The summed E-state index contributed by atoms with van der Waals surface area (Å²) in [5, 5.41) is 6.66. The van der Waals surface area contributed by atoms with Gasteiger partial charge in [0.15, 0.2) is 0 Å². The summed E-state index contributed by atoms with van der Waals surface area (Å²) < 4.78 is 0. The van der Waals surface area contributed by atoms with Crippen molar-refractivity contribution in [3.63, 3.8) is 0 Å². The van der Waals surface area contributed by atoms with Crippen LogP contribution in [0, 0.1) is 18.8 Å². The third kappa shape index (κ3) is 2.35. The van der Waals surface area contributed by atoms with Crippen molar-refractivity contribution in [3.05, 3.63) is 11.9 Å². The van der Waals surface area contributed by atoms with Crippen LogP contribution in [0.5, 0.6) is 0 Å². The maximum absolute atomic E-state index is 4.35. The van der Waals surface area contributed by atoms with E-state index in [2.05, 4.69) is 41.4 Å². The number of nitrogens with zero attached hydrogens (tertiary/aromatic N) is 2. The number of hydrogen-bond donors (Lipinski definition) is 2. The van der Waals surface area contributed by atoms with Crippen molar-refractivity contribution in [3.8, 4) is 0 Å². The van der Waals surface area contributed by atoms with Crippen molar-refractivity contribution < 1.29 is 0 Å². The Bertz CT molecular complexity index is 391. The molecule has 0 saturated heterocycles. The molecule has 4 heteroatoms. The summed E-state index contributed by atoms with van der Waals surface area (Å²) in [6.07, 6.45) is 4.16. The second-order valence-corrected chi connectivity index (χ2v) is 5.11. The molecule has 0 radical (unpaired) electrons. The molecule has 94 valence electrons. The Labute approximate surface area is 103 Å². The van der Waals surface area contributed by atoms with Gasteiger partial charge in [0.05, 0.1) is 0 Å². The molecule has 4 nitrogen and oxygen atoms in total. The molecule has 1 fully saturated rings. The molecule has 1 aliphatic carbocycles. The molecule has 0 aromatic carbocycles. The van der Waals surface area contributed by atoms with Gasteiger partial charge in [-0.05, 0) is 31.6 Å². The van der Waals surface area contributed by atoms with Crippen LogP contribution in [0.2, 0.25) is 0 Å². The normalized spacial score (nSPS) is 28.1. The van der Waals surface area contributed by atoms with Crippen LogP contribution in [-0.4, -0.2) is 23.1 Å². The Hall–Kier alpha value is -1.32. The molecule has 3 unspecified atom stereocenters. The predicted octanol–water partition coefficient (Wildman–Crippen LogP) is 2.67. The average Bonchev–Trinajstić information content (AvgIpc) is 2.64. The highest BCUT2D eigenvalue weighted by Crippen LogP contribution is 2.33. The summed E-state index contributed by atoms with van der Waals surface area (Å²) >= 11 is 0. The Morgan fingerprint density at radius 2 is 1.88 bits per heavy atom. The van der Waals surface area contributed by atoms with Gasteiger partial charge in [-0.15, -0.1) is 0 Å². The molecular weight excluding hydrogens is 212 g/mol. The average molecular weight is 234 g/mol. The monoisotopic (exact) mass is 234 g/mol. The van der Waals surface area contributed by atoms with Crippen LogP contribution in [-0.2, 0) is 0 Å². The molecule has 0 amide bonds. The summed E-state index contributed by atoms with van der Waals surface area (Å²) in [5.74, 6) is 3.39. The van der Waals surface area contributed by atoms with Crippen molar-refractivity contribution in [2.24, 2.45) is 11.8 Å². The van der Waals surface area contributed by atoms with Gasteiger partial charge in [-0.25, -0.2) is 9.97 Å². The molecule has 1 aromatic rings. The molecule has 0 bridgehead atoms. The summed E-state index contributed by atoms with van der Waals surface area (Å²) in [6.45, 7) is 6.71. The molecule has 0 aliphatic heterocycles. The van der Waals surface area contributed by atoms with E-state index in [4.69, 9.17) is 0 Å². The van der Waals surface area contributed by atoms with E-state index in [-0.39, 0.29) is 0 Å². The van der Waals surface area contributed by atoms with E-state index in [1.54, 1.807) is 6.33 Å². The molecule has 17 heavy (non-hydrogen) atoms. The molecular formula is C13H22N4. The van der Waals surface area contributed by atoms with E-state index in [0.29, 0.717) is 12.0 Å². The second kappa shape index (κ2) is 4.90. The predicted molar refractivity (Wildman–Crippen MR) is 71.3 cm³/mol. The van der Waals surface area contributed by atoms with E-state index in [9.17, 15) is 0 Å². The van der Waals surface area contributed by atoms with Crippen molar-refractivity contribution >= 4 is 11.6 Å². The van der Waals surface area contributed by atoms with E-state index in [1.807, 2.05) is 7.05 Å². The first-order valence-electron chi connectivity index (χ1n) is 6.39. The summed E-state index contributed by atoms with van der Waals surface area (Å²) in [6, 6.07) is 0.545. The topological polar surface area (TPSA) is 49.8 Å². The molecule has 3 atom stereocenters. The minimum absolute atomic E-state index is 0.545. The van der Waals surface area contributed by atoms with E-state index in [0.717, 1.165) is 23.1 Å². The molecule has 1 aliphatic rings. The Morgan fingerprint density at radius 1 is 1.18 bits per heavy atom. The standard InChI is InChI=1S/C13H22N4/c1-8-5-6-11(9(8)2)17-13-10(3)12(14-4)15-7-16-13/h7-9,11H,5-6H2,1-4H3,(H2,14,15,16,17). The van der Waals surface area contributed by atoms with Gasteiger partial charge in [0.1, 0.15) is 18.0 Å². The van der Waals surface area contributed by atoms with Gasteiger partial charge in [-0.2, -0.15) is 0 Å². The van der Waals surface area contributed by atoms with Crippen LogP contribution >= 0.6 is 0 Å². The fraction of sp³-hybridized carbons (Fsp3) is 0.692. The maximum Gasteiger partial charge on any atom is 0.134 e. The first-order valence-corrected chi connectivity index (χ1v) is 6.39. The van der Waals surface area contributed by atoms with E-state index in [1.165, 1.54) is 12.8 Å². The van der Waals surface area contributed by atoms with Crippen LogP contribution in [0.4, 0.5) is 11.6 Å². The quantitative estimate of drug-likeness (QED) is 0.844. The smallest absolute Gasteiger partial charge is 0.134 e. The molecule has 2 N–H and O–H groups in total. The number of anilines is 2. The van der Waals surface area contributed by atoms with Gasteiger partial charge < -0.3 is 10.6 Å². The van der Waals surface area contributed by atoms with E-state index < -0.39 is 0 Å². The lowest BCUT2D eigenvalue weighted by molar-refractivity contribution is 0.435. The minimum atomic E-state index is 0.545. The van der Waals surface area contributed by atoms with Gasteiger partial charge in [0.25, 0.3) is 0 Å². The van der Waals surface area contributed by atoms with Gasteiger partial charge in [-0.1, -0.05) is 13.8 Å². The van der Waals surface area contributed by atoms with Gasteiger partial charge in [-0.3, -0.25) is 0 Å². The largest absolute Gasteiger partial charge is 0.373 e. The van der Waals surface area contributed by atoms with Gasteiger partial charge >= 0.3 is 0 Å². The molecule has 0 spiro atoms. The lowest BCUT2D eigenvalue weighted by Gasteiger charge is -2.21. The van der Waals surface area contributed by atoms with Crippen molar-refractivity contribution in [2.45, 2.75) is 39.7 Å². The lowest BCUT2D eigenvalue weighted by Crippen LogP contribution is -2.25. The molecule has 1 saturated carbocycles. The Kier molecular flexibility index (Phi) is 3.50. The summed E-state index contributed by atoms with van der Waals surface area (Å²) in [5.41, 5.74) is 1.10. The van der Waals surface area contributed by atoms with Crippen molar-refractivity contribution in [2.75, 3.05) is 17.7 Å². The van der Waals surface area contributed by atoms with Crippen LogP contribution in [0.1, 0.15) is 32.3 Å². The van der Waals surface area contributed by atoms with Crippen molar-refractivity contribution in [1.82, 2.24) is 9.97 Å². The zero-order valence-electron chi connectivity index (χ0n) is 11.1. The number of hydrogen-bond acceptors (Lipinski definition) is 4. The van der Waals surface area contributed by atoms with Crippen LogP contribution in [0.25, 0.3) is 0 Å². The van der Waals surface area contributed by atoms with Crippen LogP contribution < -0.4 is 10.6 Å². The number of nitrogens with one attached hydrogen (secondary N) is 2. The van der Waals surface area contributed by atoms with E-state index >= 15 is 0 Å². The highest BCUT2D eigenvalue weighted by molar-refractivity contribution is 5.56. The molecule has 2 rings (SSSR count). The van der Waals surface area contributed by atoms with Crippen LogP contribution in [0.15, 0.2) is 6.33 Å². The Morgan fingerprint density at radius 3 is 2.47 bits per heavy atom. The summed E-state index contributed by atoms with van der Waals surface area (Å²) in [4.78, 5) is 8.55. The first-order chi connectivity index (χ1) is 8.13. The first kappa shape index (κ1) is 12.1. The Balaban J connectivity index is 2.14. The number of aromatic nitrogens is 2. The van der Waals surface area contributed by atoms with Crippen molar-refractivity contribution in [1.29, 1.82) is 0 Å². The highest BCUT2D eigenvalue weighted by atomic mass is 15.1. The fourth-order valence-corrected chi connectivity index (χ4v) is 2.59. The maximum atomic E-state index is 4.35. The second-order valence-electron chi connectivity index (χ2n) is 5.11. The SMILES string of the molecule is CNc1ncnc(NC2CCC(C)C2C)c1C. The fourth-order valence-electron chi connectivity index (χ4n) is 2.59. The van der Waals surface area contributed by atoms with Gasteiger partial charge in [0, 0.05) is 18.7 Å². The van der Waals surface area contributed by atoms with Gasteiger partial charge in [0.2, 0.25) is 0 Å². The summed E-state index contributed by atoms with van der Waals surface area (Å²) in [7, 11) is 1.89. The zero-order valence-corrected chi connectivity index (χ0v) is 11.1.